The van der Waals surface area contributed by atoms with E-state index in [4.69, 9.17) is 4.74 Å². The fourth-order valence-electron chi connectivity index (χ4n) is 3.45. The molecule has 0 N–H and O–H groups in total. The minimum absolute atomic E-state index is 0.00343. The summed E-state index contributed by atoms with van der Waals surface area (Å²) in [5.41, 5.74) is 0.421. The number of pyridine rings is 1. The van der Waals surface area contributed by atoms with Crippen LogP contribution in [0.1, 0.15) is 10.5 Å². The van der Waals surface area contributed by atoms with Gasteiger partial charge in [0.25, 0.3) is 5.91 Å². The number of piperazine rings is 1. The van der Waals surface area contributed by atoms with Crippen LogP contribution in [0.4, 0.5) is 9.18 Å². The van der Waals surface area contributed by atoms with Crippen molar-refractivity contribution < 1.29 is 18.7 Å². The van der Waals surface area contributed by atoms with Gasteiger partial charge in [0.05, 0.1) is 13.2 Å². The largest absolute Gasteiger partial charge is 0.378 e. The highest BCUT2D eigenvalue weighted by Crippen LogP contribution is 2.17. The van der Waals surface area contributed by atoms with Crippen molar-refractivity contribution >= 4 is 22.8 Å². The summed E-state index contributed by atoms with van der Waals surface area (Å²) >= 11 is 0. The van der Waals surface area contributed by atoms with Crippen LogP contribution in [-0.2, 0) is 4.74 Å². The lowest BCUT2D eigenvalue weighted by atomic mass is 10.2. The van der Waals surface area contributed by atoms with Crippen LogP contribution in [0.5, 0.6) is 0 Å². The Balaban J connectivity index is 1.41. The van der Waals surface area contributed by atoms with Crippen LogP contribution in [0, 0.1) is 5.82 Å². The van der Waals surface area contributed by atoms with Crippen LogP contribution in [0.25, 0.3) is 10.9 Å². The molecule has 0 aliphatic carbocycles. The van der Waals surface area contributed by atoms with Crippen molar-refractivity contribution in [3.05, 3.63) is 41.8 Å². The molecule has 3 heterocycles. The molecule has 0 radical (unpaired) electrons. The van der Waals surface area contributed by atoms with Crippen LogP contribution < -0.4 is 0 Å². The van der Waals surface area contributed by atoms with Crippen LogP contribution >= 0.6 is 0 Å². The number of aromatic nitrogens is 1. The van der Waals surface area contributed by atoms with E-state index in [0.717, 1.165) is 0 Å². The lowest BCUT2D eigenvalue weighted by Crippen LogP contribution is -2.55. The third kappa shape index (κ3) is 3.57. The van der Waals surface area contributed by atoms with Gasteiger partial charge in [0.1, 0.15) is 17.0 Å². The number of hydrogen-bond donors (Lipinski definition) is 0. The Kier molecular flexibility index (Phi) is 4.89. The predicted molar refractivity (Wildman–Crippen MR) is 97.0 cm³/mol. The topological polar surface area (TPSA) is 66.0 Å². The van der Waals surface area contributed by atoms with Gasteiger partial charge >= 0.3 is 6.03 Å². The Bertz CT molecular complexity index is 861. The summed E-state index contributed by atoms with van der Waals surface area (Å²) in [5, 5.41) is 0.660. The molecule has 27 heavy (non-hydrogen) atoms. The maximum absolute atomic E-state index is 13.9. The molecule has 0 bridgehead atoms. The van der Waals surface area contributed by atoms with Crippen LogP contribution in [-0.4, -0.2) is 84.1 Å². The van der Waals surface area contributed by atoms with Gasteiger partial charge in [0, 0.05) is 44.7 Å². The van der Waals surface area contributed by atoms with E-state index in [2.05, 4.69) is 4.98 Å². The number of halogens is 1. The molecule has 1 aromatic carbocycles. The van der Waals surface area contributed by atoms with E-state index < -0.39 is 5.82 Å². The average Bonchev–Trinajstić information content (AvgIpc) is 2.73. The molecule has 0 atom stereocenters. The van der Waals surface area contributed by atoms with Crippen molar-refractivity contribution in [3.8, 4) is 0 Å². The zero-order valence-electron chi connectivity index (χ0n) is 14.9. The minimum Gasteiger partial charge on any atom is -0.378 e. The average molecular weight is 372 g/mol. The molecule has 3 amide bonds. The quantitative estimate of drug-likeness (QED) is 0.762. The molecule has 2 saturated heterocycles. The van der Waals surface area contributed by atoms with Crippen molar-refractivity contribution in [2.45, 2.75) is 0 Å². The number of fused-ring (bicyclic) bond motifs is 1. The minimum atomic E-state index is -0.442. The highest BCUT2D eigenvalue weighted by atomic mass is 19.1. The number of ether oxygens (including phenoxy) is 1. The summed E-state index contributed by atoms with van der Waals surface area (Å²) in [4.78, 5) is 34.7. The van der Waals surface area contributed by atoms with Gasteiger partial charge in [-0.3, -0.25) is 4.79 Å². The second-order valence-corrected chi connectivity index (χ2v) is 6.67. The highest BCUT2D eigenvalue weighted by molar-refractivity contribution is 5.95. The summed E-state index contributed by atoms with van der Waals surface area (Å²) in [6.07, 6.45) is 0. The monoisotopic (exact) mass is 372 g/mol. The molecular weight excluding hydrogens is 351 g/mol. The number of urea groups is 1. The lowest BCUT2D eigenvalue weighted by molar-refractivity contribution is 0.0362. The molecule has 1 aromatic heterocycles. The third-order valence-electron chi connectivity index (χ3n) is 5.01. The number of benzene rings is 1. The van der Waals surface area contributed by atoms with Crippen molar-refractivity contribution in [2.24, 2.45) is 0 Å². The Morgan fingerprint density at radius 3 is 2.30 bits per heavy atom. The second-order valence-electron chi connectivity index (χ2n) is 6.67. The molecule has 0 unspecified atom stereocenters. The number of amides is 3. The summed E-state index contributed by atoms with van der Waals surface area (Å²) in [7, 11) is 0. The number of hydrogen-bond acceptors (Lipinski definition) is 4. The van der Waals surface area contributed by atoms with Gasteiger partial charge in [-0.2, -0.15) is 0 Å². The first-order valence-electron chi connectivity index (χ1n) is 9.09. The van der Waals surface area contributed by atoms with Crippen molar-refractivity contribution in [3.63, 3.8) is 0 Å². The Morgan fingerprint density at radius 1 is 0.889 bits per heavy atom. The first kappa shape index (κ1) is 17.7. The molecule has 2 aromatic rings. The van der Waals surface area contributed by atoms with E-state index in [1.54, 1.807) is 39.0 Å². The maximum atomic E-state index is 13.9. The van der Waals surface area contributed by atoms with E-state index in [0.29, 0.717) is 57.9 Å². The number of carbonyl (C=O) groups excluding carboxylic acids is 2. The highest BCUT2D eigenvalue weighted by Gasteiger charge is 2.28. The van der Waals surface area contributed by atoms with E-state index in [-0.39, 0.29) is 23.1 Å². The Hall–Kier alpha value is -2.74. The molecule has 8 heteroatoms. The number of para-hydroxylation sites is 1. The smallest absolute Gasteiger partial charge is 0.320 e. The molecule has 7 nitrogen and oxygen atoms in total. The van der Waals surface area contributed by atoms with Gasteiger partial charge in [-0.15, -0.1) is 0 Å². The van der Waals surface area contributed by atoms with Gasteiger partial charge in [0.15, 0.2) is 0 Å². The zero-order valence-corrected chi connectivity index (χ0v) is 14.9. The molecule has 142 valence electrons. The summed E-state index contributed by atoms with van der Waals surface area (Å²) in [6, 6.07) is 8.03. The lowest BCUT2D eigenvalue weighted by Gasteiger charge is -2.38. The number of morpholine rings is 1. The van der Waals surface area contributed by atoms with Gasteiger partial charge in [0.2, 0.25) is 0 Å². The first-order chi connectivity index (χ1) is 13.1. The third-order valence-corrected chi connectivity index (χ3v) is 5.01. The summed E-state index contributed by atoms with van der Waals surface area (Å²) in [6.45, 7) is 4.16. The Labute approximate surface area is 156 Å². The zero-order chi connectivity index (χ0) is 18.8. The standard InChI is InChI=1S/C19H21FN4O3/c20-15-3-1-2-14-4-5-16(21-17(14)15)18(25)22-6-8-23(9-7-22)19(26)24-10-12-27-13-11-24/h1-5H,6-13H2. The molecule has 0 spiro atoms. The molecule has 2 aliphatic heterocycles. The van der Waals surface area contributed by atoms with Gasteiger partial charge in [-0.1, -0.05) is 18.2 Å². The SMILES string of the molecule is O=C(c1ccc2cccc(F)c2n1)N1CCN(C(=O)N2CCOCC2)CC1. The van der Waals surface area contributed by atoms with Crippen LogP contribution in [0.2, 0.25) is 0 Å². The molecule has 2 fully saturated rings. The molecular formula is C19H21FN4O3. The van der Waals surface area contributed by atoms with Crippen LogP contribution in [0.3, 0.4) is 0 Å². The van der Waals surface area contributed by atoms with Gasteiger partial charge in [-0.25, -0.2) is 14.2 Å². The first-order valence-corrected chi connectivity index (χ1v) is 9.09. The number of rotatable bonds is 1. The normalized spacial score (nSPS) is 18.0. The number of carbonyl (C=O) groups is 2. The van der Waals surface area contributed by atoms with Crippen molar-refractivity contribution in [2.75, 3.05) is 52.5 Å². The summed E-state index contributed by atoms with van der Waals surface area (Å²) < 4.78 is 19.2. The van der Waals surface area contributed by atoms with Crippen molar-refractivity contribution in [1.82, 2.24) is 19.7 Å². The number of nitrogens with zero attached hydrogens (tertiary/aromatic N) is 4. The van der Waals surface area contributed by atoms with E-state index in [9.17, 15) is 14.0 Å². The van der Waals surface area contributed by atoms with E-state index in [1.807, 2.05) is 0 Å². The van der Waals surface area contributed by atoms with Gasteiger partial charge in [-0.05, 0) is 12.1 Å². The fourth-order valence-corrected chi connectivity index (χ4v) is 3.45. The van der Waals surface area contributed by atoms with Gasteiger partial charge < -0.3 is 19.4 Å². The maximum Gasteiger partial charge on any atom is 0.320 e. The van der Waals surface area contributed by atoms with Crippen molar-refractivity contribution in [1.29, 1.82) is 0 Å². The second kappa shape index (κ2) is 7.48. The summed E-state index contributed by atoms with van der Waals surface area (Å²) in [5.74, 6) is -0.679. The predicted octanol–water partition coefficient (Wildman–Crippen LogP) is 1.58. The Morgan fingerprint density at radius 2 is 1.56 bits per heavy atom. The van der Waals surface area contributed by atoms with E-state index >= 15 is 0 Å². The molecule has 4 rings (SSSR count). The molecule has 0 saturated carbocycles. The fraction of sp³-hybridized carbons (Fsp3) is 0.421. The van der Waals surface area contributed by atoms with E-state index in [1.165, 1.54) is 6.07 Å². The van der Waals surface area contributed by atoms with Crippen LogP contribution in [0.15, 0.2) is 30.3 Å². The molecule has 2 aliphatic rings.